The number of carboxylic acids is 1. The number of halogens is 1. The SMILES string of the molecule is COc1cc(NC(C)=O)c(Cl)cc1C(=O)NC(C)C(=O)N1CCCC1C(=O)N[C@H](C)CC(=O)O. The Kier molecular flexibility index (Phi) is 9.25. The fourth-order valence-electron chi connectivity index (χ4n) is 3.73. The summed E-state index contributed by atoms with van der Waals surface area (Å²) in [5.74, 6) is -2.73. The summed E-state index contributed by atoms with van der Waals surface area (Å²) in [6, 6.07) is 0.440. The molecule has 2 unspecified atom stereocenters. The summed E-state index contributed by atoms with van der Waals surface area (Å²) < 4.78 is 5.24. The third kappa shape index (κ3) is 6.83. The predicted octanol–water partition coefficient (Wildman–Crippen LogP) is 1.40. The first-order valence-electron chi connectivity index (χ1n) is 10.7. The van der Waals surface area contributed by atoms with Crippen LogP contribution in [0.5, 0.6) is 5.75 Å². The molecule has 1 aliphatic heterocycles. The molecule has 4 N–H and O–H groups in total. The van der Waals surface area contributed by atoms with Gasteiger partial charge in [-0.1, -0.05) is 11.6 Å². The maximum Gasteiger partial charge on any atom is 0.305 e. The molecule has 4 amide bonds. The fraction of sp³-hybridized carbons (Fsp3) is 0.500. The average Bonchev–Trinajstić information content (AvgIpc) is 3.23. The molecule has 1 aromatic carbocycles. The van der Waals surface area contributed by atoms with Gasteiger partial charge in [-0.05, 0) is 32.8 Å². The highest BCUT2D eigenvalue weighted by Crippen LogP contribution is 2.31. The lowest BCUT2D eigenvalue weighted by Crippen LogP contribution is -2.53. The predicted molar refractivity (Wildman–Crippen MR) is 124 cm³/mol. The number of methoxy groups -OCH3 is 1. The van der Waals surface area contributed by atoms with Crippen molar-refractivity contribution < 1.29 is 33.8 Å². The van der Waals surface area contributed by atoms with Crippen molar-refractivity contribution in [1.82, 2.24) is 15.5 Å². The molecule has 0 saturated carbocycles. The van der Waals surface area contributed by atoms with E-state index in [1.807, 2.05) is 0 Å². The minimum atomic E-state index is -1.04. The summed E-state index contributed by atoms with van der Waals surface area (Å²) in [6.07, 6.45) is 0.807. The number of rotatable bonds is 9. The Balaban J connectivity index is 2.10. The lowest BCUT2D eigenvalue weighted by Gasteiger charge is -2.28. The number of likely N-dealkylation sites (tertiary alicyclic amines) is 1. The molecule has 0 aliphatic carbocycles. The van der Waals surface area contributed by atoms with Crippen LogP contribution in [0.4, 0.5) is 5.69 Å². The maximum absolute atomic E-state index is 13.0. The van der Waals surface area contributed by atoms with E-state index in [0.29, 0.717) is 19.4 Å². The van der Waals surface area contributed by atoms with Crippen LogP contribution >= 0.6 is 11.6 Å². The van der Waals surface area contributed by atoms with Gasteiger partial charge < -0.3 is 30.7 Å². The van der Waals surface area contributed by atoms with E-state index in [9.17, 15) is 24.0 Å². The van der Waals surface area contributed by atoms with Crippen LogP contribution in [0.2, 0.25) is 5.02 Å². The molecule has 0 radical (unpaired) electrons. The first-order valence-corrected chi connectivity index (χ1v) is 11.1. The number of amides is 4. The summed E-state index contributed by atoms with van der Waals surface area (Å²) in [5.41, 5.74) is 0.342. The number of ether oxygens (including phenoxy) is 1. The van der Waals surface area contributed by atoms with Gasteiger partial charge in [0, 0.05) is 25.6 Å². The van der Waals surface area contributed by atoms with Gasteiger partial charge in [0.2, 0.25) is 17.7 Å². The Hall–Kier alpha value is -3.34. The van der Waals surface area contributed by atoms with Gasteiger partial charge in [0.15, 0.2) is 0 Å². The number of nitrogens with zero attached hydrogens (tertiary/aromatic N) is 1. The fourth-order valence-corrected chi connectivity index (χ4v) is 3.94. The molecule has 12 heteroatoms. The summed E-state index contributed by atoms with van der Waals surface area (Å²) in [4.78, 5) is 62.0. The van der Waals surface area contributed by atoms with Crippen molar-refractivity contribution in [2.24, 2.45) is 0 Å². The number of carbonyl (C=O) groups excluding carboxylic acids is 4. The van der Waals surface area contributed by atoms with Gasteiger partial charge in [0.05, 0.1) is 29.8 Å². The normalized spacial score (nSPS) is 16.9. The molecule has 186 valence electrons. The standard InChI is InChI=1S/C22H29ClN4O7/c1-11(8-19(29)30)24-21(32)17-6-5-7-27(17)22(33)12(2)25-20(31)14-9-15(23)16(26-13(3)28)10-18(14)34-4/h9-12,17H,5-8H2,1-4H3,(H,24,32)(H,25,31)(H,26,28)(H,29,30)/t11-,12?,17?/m1/s1. The topological polar surface area (TPSA) is 154 Å². The number of hydrogen-bond donors (Lipinski definition) is 4. The number of carboxylic acid groups (broad SMARTS) is 1. The molecule has 1 aromatic rings. The van der Waals surface area contributed by atoms with Gasteiger partial charge in [-0.15, -0.1) is 0 Å². The van der Waals surface area contributed by atoms with Gasteiger partial charge in [-0.3, -0.25) is 24.0 Å². The number of anilines is 1. The van der Waals surface area contributed by atoms with Crippen molar-refractivity contribution in [1.29, 1.82) is 0 Å². The first kappa shape index (κ1) is 26.9. The number of hydrogen-bond acceptors (Lipinski definition) is 6. The summed E-state index contributed by atoms with van der Waals surface area (Å²) in [7, 11) is 1.35. The van der Waals surface area contributed by atoms with Crippen LogP contribution in [0.1, 0.15) is 50.4 Å². The molecular weight excluding hydrogens is 468 g/mol. The highest BCUT2D eigenvalue weighted by Gasteiger charge is 2.37. The van der Waals surface area contributed by atoms with Gasteiger partial charge in [0.1, 0.15) is 17.8 Å². The van der Waals surface area contributed by atoms with Crippen LogP contribution in [0, 0.1) is 0 Å². The molecule has 1 heterocycles. The monoisotopic (exact) mass is 496 g/mol. The number of benzene rings is 1. The molecule has 0 aromatic heterocycles. The lowest BCUT2D eigenvalue weighted by atomic mass is 10.1. The molecule has 0 spiro atoms. The van der Waals surface area contributed by atoms with Gasteiger partial charge >= 0.3 is 5.97 Å². The maximum atomic E-state index is 13.0. The molecular formula is C22H29ClN4O7. The van der Waals surface area contributed by atoms with Crippen LogP contribution < -0.4 is 20.7 Å². The molecule has 2 rings (SSSR count). The second kappa shape index (κ2) is 11.7. The van der Waals surface area contributed by atoms with Gasteiger partial charge in [-0.25, -0.2) is 0 Å². The summed E-state index contributed by atoms with van der Waals surface area (Å²) in [5, 5.41) is 16.7. The Morgan fingerprint density at radius 2 is 1.88 bits per heavy atom. The average molecular weight is 497 g/mol. The largest absolute Gasteiger partial charge is 0.496 e. The molecule has 11 nitrogen and oxygen atoms in total. The second-order valence-corrected chi connectivity index (χ2v) is 8.51. The van der Waals surface area contributed by atoms with E-state index in [1.165, 1.54) is 38.0 Å². The first-order chi connectivity index (χ1) is 15.9. The van der Waals surface area contributed by atoms with E-state index < -0.39 is 41.8 Å². The minimum absolute atomic E-state index is 0.0689. The highest BCUT2D eigenvalue weighted by atomic mass is 35.5. The van der Waals surface area contributed by atoms with E-state index in [1.54, 1.807) is 6.92 Å². The van der Waals surface area contributed by atoms with Crippen molar-refractivity contribution in [3.05, 3.63) is 22.7 Å². The van der Waals surface area contributed by atoms with E-state index in [-0.39, 0.29) is 34.4 Å². The quantitative estimate of drug-likeness (QED) is 0.402. The number of carbonyl (C=O) groups is 5. The van der Waals surface area contributed by atoms with E-state index in [4.69, 9.17) is 21.4 Å². The van der Waals surface area contributed by atoms with Crippen LogP contribution in [-0.2, 0) is 19.2 Å². The van der Waals surface area contributed by atoms with Gasteiger partial charge in [0.25, 0.3) is 5.91 Å². The molecule has 1 fully saturated rings. The minimum Gasteiger partial charge on any atom is -0.496 e. The van der Waals surface area contributed by atoms with Crippen molar-refractivity contribution in [3.63, 3.8) is 0 Å². The van der Waals surface area contributed by atoms with E-state index in [0.717, 1.165) is 0 Å². The molecule has 3 atom stereocenters. The zero-order valence-electron chi connectivity index (χ0n) is 19.4. The zero-order chi connectivity index (χ0) is 25.6. The van der Waals surface area contributed by atoms with E-state index in [2.05, 4.69) is 16.0 Å². The van der Waals surface area contributed by atoms with Crippen LogP contribution in [0.15, 0.2) is 12.1 Å². The second-order valence-electron chi connectivity index (χ2n) is 8.11. The van der Waals surface area contributed by atoms with Crippen molar-refractivity contribution in [2.45, 2.75) is 58.2 Å². The Bertz CT molecular complexity index is 984. The van der Waals surface area contributed by atoms with Gasteiger partial charge in [-0.2, -0.15) is 0 Å². The molecule has 0 bridgehead atoms. The third-order valence-corrected chi connectivity index (χ3v) is 5.58. The molecule has 1 saturated heterocycles. The lowest BCUT2D eigenvalue weighted by molar-refractivity contribution is -0.141. The zero-order valence-corrected chi connectivity index (χ0v) is 20.2. The van der Waals surface area contributed by atoms with Crippen LogP contribution in [0.3, 0.4) is 0 Å². The molecule has 1 aliphatic rings. The summed E-state index contributed by atoms with van der Waals surface area (Å²) >= 11 is 6.17. The number of nitrogens with one attached hydrogen (secondary N) is 3. The Morgan fingerprint density at radius 1 is 1.21 bits per heavy atom. The summed E-state index contributed by atoms with van der Waals surface area (Å²) in [6.45, 7) is 4.73. The van der Waals surface area contributed by atoms with E-state index >= 15 is 0 Å². The van der Waals surface area contributed by atoms with Crippen LogP contribution in [-0.4, -0.2) is 71.4 Å². The highest BCUT2D eigenvalue weighted by molar-refractivity contribution is 6.34. The third-order valence-electron chi connectivity index (χ3n) is 5.27. The Labute approximate surface area is 202 Å². The van der Waals surface area contributed by atoms with Crippen molar-refractivity contribution in [2.75, 3.05) is 19.0 Å². The smallest absolute Gasteiger partial charge is 0.305 e. The molecule has 34 heavy (non-hydrogen) atoms. The van der Waals surface area contributed by atoms with Crippen molar-refractivity contribution in [3.8, 4) is 5.75 Å². The Morgan fingerprint density at radius 3 is 2.47 bits per heavy atom. The van der Waals surface area contributed by atoms with Crippen LogP contribution in [0.25, 0.3) is 0 Å². The van der Waals surface area contributed by atoms with Crippen molar-refractivity contribution >= 4 is 46.9 Å². The number of aliphatic carboxylic acids is 1.